The van der Waals surface area contributed by atoms with Gasteiger partial charge in [-0.15, -0.1) is 0 Å². The van der Waals surface area contributed by atoms with Crippen LogP contribution < -0.4 is 0 Å². The molecule has 4 aliphatic rings. The highest BCUT2D eigenvalue weighted by Crippen LogP contribution is 2.50. The summed E-state index contributed by atoms with van der Waals surface area (Å²) < 4.78 is 31.6. The molecule has 9 nitrogen and oxygen atoms in total. The highest BCUT2D eigenvalue weighted by Gasteiger charge is 2.59. The first-order valence-corrected chi connectivity index (χ1v) is 13.0. The molecular weight excluding hydrogens is 406 g/mol. The fraction of sp³-hybridized carbons (Fsp3) is 0.850. The van der Waals surface area contributed by atoms with Crippen LogP contribution in [-0.4, -0.2) is 90.6 Å². The summed E-state index contributed by atoms with van der Waals surface area (Å²) >= 11 is 0. The second kappa shape index (κ2) is 7.56. The van der Waals surface area contributed by atoms with Crippen LogP contribution in [0, 0.1) is 5.41 Å². The van der Waals surface area contributed by atoms with Crippen molar-refractivity contribution in [3.8, 4) is 0 Å². The molecule has 166 valence electrons. The van der Waals surface area contributed by atoms with E-state index in [1.807, 2.05) is 4.90 Å². The third-order valence-corrected chi connectivity index (χ3v) is 8.42. The van der Waals surface area contributed by atoms with Gasteiger partial charge in [0, 0.05) is 37.5 Å². The van der Waals surface area contributed by atoms with Gasteiger partial charge in [-0.1, -0.05) is 18.0 Å². The SMILES string of the molecule is CS(=O)(=O)N1CC(c2nc(C3CC3)no2)C2(CN(C(=O)CN3CCCCCC3)C2)C1. The lowest BCUT2D eigenvalue weighted by molar-refractivity contribution is -0.144. The predicted molar refractivity (Wildman–Crippen MR) is 109 cm³/mol. The molecule has 3 saturated heterocycles. The summed E-state index contributed by atoms with van der Waals surface area (Å²) in [6.45, 7) is 4.30. The van der Waals surface area contributed by atoms with E-state index in [1.54, 1.807) is 0 Å². The van der Waals surface area contributed by atoms with Gasteiger partial charge >= 0.3 is 0 Å². The summed E-state index contributed by atoms with van der Waals surface area (Å²) in [6.07, 6.45) is 8.22. The lowest BCUT2D eigenvalue weighted by atomic mass is 9.71. The maximum Gasteiger partial charge on any atom is 0.236 e. The van der Waals surface area contributed by atoms with Crippen LogP contribution in [0.5, 0.6) is 0 Å². The van der Waals surface area contributed by atoms with Crippen molar-refractivity contribution in [1.29, 1.82) is 0 Å². The molecule has 30 heavy (non-hydrogen) atoms. The van der Waals surface area contributed by atoms with Crippen LogP contribution in [0.25, 0.3) is 0 Å². The normalized spacial score (nSPS) is 27.9. The Kier molecular flexibility index (Phi) is 5.14. The Bertz CT molecular complexity index is 898. The smallest absolute Gasteiger partial charge is 0.236 e. The van der Waals surface area contributed by atoms with Crippen molar-refractivity contribution >= 4 is 15.9 Å². The van der Waals surface area contributed by atoms with Crippen LogP contribution in [0.1, 0.15) is 62.1 Å². The number of amides is 1. The van der Waals surface area contributed by atoms with Gasteiger partial charge in [-0.05, 0) is 38.8 Å². The average Bonchev–Trinajstić information content (AvgIpc) is 3.32. The largest absolute Gasteiger partial charge is 0.340 e. The van der Waals surface area contributed by atoms with Crippen molar-refractivity contribution in [2.24, 2.45) is 5.41 Å². The second-order valence-electron chi connectivity index (χ2n) is 9.68. The number of rotatable bonds is 5. The van der Waals surface area contributed by atoms with Crippen LogP contribution in [0.15, 0.2) is 4.52 Å². The average molecular weight is 438 g/mol. The number of hydrogen-bond acceptors (Lipinski definition) is 7. The maximum atomic E-state index is 12.9. The summed E-state index contributed by atoms with van der Waals surface area (Å²) in [7, 11) is -3.32. The quantitative estimate of drug-likeness (QED) is 0.678. The minimum Gasteiger partial charge on any atom is -0.340 e. The van der Waals surface area contributed by atoms with Crippen LogP contribution >= 0.6 is 0 Å². The molecular formula is C20H31N5O4S. The molecule has 1 unspecified atom stereocenters. The van der Waals surface area contributed by atoms with Crippen molar-refractivity contribution in [3.05, 3.63) is 11.7 Å². The van der Waals surface area contributed by atoms with E-state index in [0.29, 0.717) is 44.5 Å². The van der Waals surface area contributed by atoms with Gasteiger partial charge in [0.05, 0.1) is 18.7 Å². The van der Waals surface area contributed by atoms with Gasteiger partial charge < -0.3 is 9.42 Å². The topological polar surface area (TPSA) is 99.9 Å². The Balaban J connectivity index is 1.29. The zero-order valence-corrected chi connectivity index (χ0v) is 18.4. The number of hydrogen-bond donors (Lipinski definition) is 0. The van der Waals surface area contributed by atoms with Gasteiger partial charge in [-0.3, -0.25) is 9.69 Å². The third kappa shape index (κ3) is 3.89. The third-order valence-electron chi connectivity index (χ3n) is 7.21. The molecule has 1 spiro atoms. The summed E-state index contributed by atoms with van der Waals surface area (Å²) in [5.41, 5.74) is -0.328. The van der Waals surface area contributed by atoms with Gasteiger partial charge in [-0.2, -0.15) is 4.98 Å². The van der Waals surface area contributed by atoms with Crippen LogP contribution in [-0.2, 0) is 14.8 Å². The zero-order valence-electron chi connectivity index (χ0n) is 17.6. The van der Waals surface area contributed by atoms with E-state index >= 15 is 0 Å². The predicted octanol–water partition coefficient (Wildman–Crippen LogP) is 1.01. The summed E-state index contributed by atoms with van der Waals surface area (Å²) in [5, 5.41) is 4.13. The molecule has 1 aromatic heterocycles. The Morgan fingerprint density at radius 2 is 1.83 bits per heavy atom. The van der Waals surface area contributed by atoms with Gasteiger partial charge in [-0.25, -0.2) is 12.7 Å². The van der Waals surface area contributed by atoms with Crippen LogP contribution in [0.3, 0.4) is 0 Å². The molecule has 4 fully saturated rings. The number of carbonyl (C=O) groups is 1. The molecule has 1 atom stereocenters. The van der Waals surface area contributed by atoms with Crippen LogP contribution in [0.2, 0.25) is 0 Å². The minimum absolute atomic E-state index is 0.142. The fourth-order valence-corrected chi connectivity index (χ4v) is 6.12. The monoisotopic (exact) mass is 437 g/mol. The highest BCUT2D eigenvalue weighted by molar-refractivity contribution is 7.88. The van der Waals surface area contributed by atoms with E-state index in [9.17, 15) is 13.2 Å². The van der Waals surface area contributed by atoms with Crippen molar-refractivity contribution in [1.82, 2.24) is 24.2 Å². The maximum absolute atomic E-state index is 12.9. The number of aromatic nitrogens is 2. The molecule has 1 saturated carbocycles. The first kappa shape index (κ1) is 20.4. The fourth-order valence-electron chi connectivity index (χ4n) is 5.21. The van der Waals surface area contributed by atoms with Gasteiger partial charge in [0.15, 0.2) is 5.82 Å². The van der Waals surface area contributed by atoms with E-state index < -0.39 is 10.0 Å². The number of carbonyl (C=O) groups excluding carboxylic acids is 1. The van der Waals surface area contributed by atoms with Gasteiger partial charge in [0.2, 0.25) is 21.8 Å². The Morgan fingerprint density at radius 1 is 1.13 bits per heavy atom. The summed E-state index contributed by atoms with van der Waals surface area (Å²) in [6, 6.07) is 0. The lowest BCUT2D eigenvalue weighted by Gasteiger charge is -2.50. The van der Waals surface area contributed by atoms with E-state index in [1.165, 1.54) is 23.4 Å². The molecule has 3 aliphatic heterocycles. The van der Waals surface area contributed by atoms with Crippen LogP contribution in [0.4, 0.5) is 0 Å². The molecule has 1 amide bonds. The molecule has 0 aromatic carbocycles. The minimum atomic E-state index is -3.32. The van der Waals surface area contributed by atoms with E-state index in [0.717, 1.165) is 44.6 Å². The Hall–Kier alpha value is -1.52. The molecule has 0 N–H and O–H groups in total. The molecule has 10 heteroatoms. The zero-order chi connectivity index (χ0) is 20.9. The highest BCUT2D eigenvalue weighted by atomic mass is 32.2. The number of nitrogens with zero attached hydrogens (tertiary/aromatic N) is 5. The summed E-state index contributed by atoms with van der Waals surface area (Å²) in [4.78, 5) is 21.6. The first-order chi connectivity index (χ1) is 14.3. The molecule has 5 rings (SSSR count). The Labute approximate surface area is 177 Å². The lowest BCUT2D eigenvalue weighted by Crippen LogP contribution is -2.63. The molecule has 1 aliphatic carbocycles. The van der Waals surface area contributed by atoms with E-state index in [2.05, 4.69) is 15.0 Å². The molecule has 0 bridgehead atoms. The van der Waals surface area contributed by atoms with Gasteiger partial charge in [0.1, 0.15) is 0 Å². The van der Waals surface area contributed by atoms with Crippen molar-refractivity contribution in [2.75, 3.05) is 52.1 Å². The van der Waals surface area contributed by atoms with E-state index in [-0.39, 0.29) is 17.2 Å². The summed E-state index contributed by atoms with van der Waals surface area (Å²) in [5.74, 6) is 1.64. The Morgan fingerprint density at radius 3 is 2.47 bits per heavy atom. The van der Waals surface area contributed by atoms with Crippen molar-refractivity contribution < 1.29 is 17.7 Å². The standard InChI is InChI=1S/C20H31N5O4S/c1-30(27,28)25-10-16(19-21-18(22-29-19)15-6-7-15)20(14-25)12-24(13-20)17(26)11-23-8-4-2-3-5-9-23/h15-16H,2-14H2,1H3. The van der Waals surface area contributed by atoms with E-state index in [4.69, 9.17) is 4.52 Å². The number of sulfonamides is 1. The second-order valence-corrected chi connectivity index (χ2v) is 11.7. The van der Waals surface area contributed by atoms with Crippen molar-refractivity contribution in [2.45, 2.75) is 50.4 Å². The first-order valence-electron chi connectivity index (χ1n) is 11.1. The molecule has 1 aromatic rings. The molecule has 0 radical (unpaired) electrons. The molecule has 4 heterocycles. The number of likely N-dealkylation sites (tertiary alicyclic amines) is 2. The van der Waals surface area contributed by atoms with Gasteiger partial charge in [0.25, 0.3) is 0 Å². The van der Waals surface area contributed by atoms with Crippen molar-refractivity contribution in [3.63, 3.8) is 0 Å².